The molecule has 132 valence electrons. The molecule has 0 aromatic heterocycles. The highest BCUT2D eigenvalue weighted by Crippen LogP contribution is 2.42. The third-order valence-electron chi connectivity index (χ3n) is 5.02. The Balaban J connectivity index is 1.70. The molecule has 9 heteroatoms. The second-order valence-electron chi connectivity index (χ2n) is 6.53. The minimum atomic E-state index is -3.62. The molecule has 24 heavy (non-hydrogen) atoms. The first kappa shape index (κ1) is 17.3. The van der Waals surface area contributed by atoms with E-state index in [1.165, 1.54) is 28.6 Å². The topological polar surface area (TPSA) is 116 Å². The standard InChI is InChI=1S/C15H21N3O5S/c16-10-13-9-15(11-23-13)5-7-17(8-6-15)24(21,22)14-3-1-12(2-4-14)18(19)20/h1-4,13H,5-11,16H2. The molecule has 0 saturated carbocycles. The lowest BCUT2D eigenvalue weighted by Gasteiger charge is -2.37. The van der Waals surface area contributed by atoms with Crippen LogP contribution in [0.15, 0.2) is 29.2 Å². The summed E-state index contributed by atoms with van der Waals surface area (Å²) in [4.78, 5) is 10.2. The molecule has 2 aliphatic heterocycles. The molecule has 2 N–H and O–H groups in total. The second kappa shape index (κ2) is 6.40. The quantitative estimate of drug-likeness (QED) is 0.639. The van der Waals surface area contributed by atoms with Crippen LogP contribution in [0.4, 0.5) is 5.69 Å². The Hall–Kier alpha value is -1.55. The highest BCUT2D eigenvalue weighted by atomic mass is 32.2. The van der Waals surface area contributed by atoms with E-state index in [1.807, 2.05) is 0 Å². The van der Waals surface area contributed by atoms with Gasteiger partial charge in [-0.3, -0.25) is 10.1 Å². The fourth-order valence-corrected chi connectivity index (χ4v) is 4.93. The lowest BCUT2D eigenvalue weighted by atomic mass is 9.77. The van der Waals surface area contributed by atoms with Crippen LogP contribution in [-0.4, -0.2) is 50.0 Å². The van der Waals surface area contributed by atoms with Crippen LogP contribution in [0, 0.1) is 15.5 Å². The zero-order chi connectivity index (χ0) is 17.4. The van der Waals surface area contributed by atoms with Gasteiger partial charge in [-0.05, 0) is 36.8 Å². The lowest BCUT2D eigenvalue weighted by molar-refractivity contribution is -0.384. The first-order valence-electron chi connectivity index (χ1n) is 7.93. The van der Waals surface area contributed by atoms with Crippen LogP contribution < -0.4 is 5.73 Å². The van der Waals surface area contributed by atoms with Crippen molar-refractivity contribution in [2.75, 3.05) is 26.2 Å². The molecule has 1 aromatic carbocycles. The van der Waals surface area contributed by atoms with Crippen molar-refractivity contribution < 1.29 is 18.1 Å². The lowest BCUT2D eigenvalue weighted by Crippen LogP contribution is -2.43. The van der Waals surface area contributed by atoms with E-state index < -0.39 is 14.9 Å². The number of hydrogen-bond acceptors (Lipinski definition) is 6. The monoisotopic (exact) mass is 355 g/mol. The van der Waals surface area contributed by atoms with Crippen LogP contribution in [0.3, 0.4) is 0 Å². The normalized spacial score (nSPS) is 24.3. The molecular weight excluding hydrogens is 334 g/mol. The van der Waals surface area contributed by atoms with E-state index in [0.717, 1.165) is 19.3 Å². The van der Waals surface area contributed by atoms with Gasteiger partial charge in [0.1, 0.15) is 0 Å². The van der Waals surface area contributed by atoms with Gasteiger partial charge < -0.3 is 10.5 Å². The predicted octanol–water partition coefficient (Wildman–Crippen LogP) is 1.11. The van der Waals surface area contributed by atoms with Crippen molar-refractivity contribution in [1.82, 2.24) is 4.31 Å². The summed E-state index contributed by atoms with van der Waals surface area (Å²) in [6.45, 7) is 1.99. The summed E-state index contributed by atoms with van der Waals surface area (Å²) >= 11 is 0. The molecule has 0 radical (unpaired) electrons. The number of hydrogen-bond donors (Lipinski definition) is 1. The van der Waals surface area contributed by atoms with E-state index in [0.29, 0.717) is 26.2 Å². The smallest absolute Gasteiger partial charge is 0.269 e. The van der Waals surface area contributed by atoms with Crippen molar-refractivity contribution in [1.29, 1.82) is 0 Å². The number of ether oxygens (including phenoxy) is 1. The zero-order valence-corrected chi connectivity index (χ0v) is 14.1. The Morgan fingerprint density at radius 3 is 2.42 bits per heavy atom. The highest BCUT2D eigenvalue weighted by Gasteiger charge is 2.44. The molecule has 2 fully saturated rings. The Morgan fingerprint density at radius 2 is 1.92 bits per heavy atom. The molecule has 2 saturated heterocycles. The predicted molar refractivity (Wildman–Crippen MR) is 86.9 cm³/mol. The van der Waals surface area contributed by atoms with Gasteiger partial charge in [0.2, 0.25) is 10.0 Å². The van der Waals surface area contributed by atoms with Gasteiger partial charge in [-0.2, -0.15) is 4.31 Å². The third-order valence-corrected chi connectivity index (χ3v) is 6.93. The van der Waals surface area contributed by atoms with Gasteiger partial charge in [0, 0.05) is 31.8 Å². The average Bonchev–Trinajstić information content (AvgIpc) is 2.98. The largest absolute Gasteiger partial charge is 0.376 e. The molecule has 1 aromatic rings. The first-order valence-corrected chi connectivity index (χ1v) is 9.37. The maximum absolute atomic E-state index is 12.7. The molecule has 3 rings (SSSR count). The summed E-state index contributed by atoms with van der Waals surface area (Å²) in [7, 11) is -3.62. The molecule has 1 spiro atoms. The van der Waals surface area contributed by atoms with Gasteiger partial charge >= 0.3 is 0 Å². The minimum absolute atomic E-state index is 0.0333. The van der Waals surface area contributed by atoms with Crippen LogP contribution in [0.1, 0.15) is 19.3 Å². The van der Waals surface area contributed by atoms with Crippen LogP contribution >= 0.6 is 0 Å². The fraction of sp³-hybridized carbons (Fsp3) is 0.600. The number of nitrogens with two attached hydrogens (primary N) is 1. The average molecular weight is 355 g/mol. The van der Waals surface area contributed by atoms with E-state index in [-0.39, 0.29) is 22.1 Å². The van der Waals surface area contributed by atoms with E-state index in [9.17, 15) is 18.5 Å². The number of benzene rings is 1. The summed E-state index contributed by atoms with van der Waals surface area (Å²) in [6, 6.07) is 5.02. The Kier molecular flexibility index (Phi) is 4.60. The van der Waals surface area contributed by atoms with Crippen LogP contribution in [0.25, 0.3) is 0 Å². The van der Waals surface area contributed by atoms with Crippen LogP contribution in [-0.2, 0) is 14.8 Å². The van der Waals surface area contributed by atoms with Crippen molar-refractivity contribution in [3.8, 4) is 0 Å². The third kappa shape index (κ3) is 3.16. The number of sulfonamides is 1. The molecule has 8 nitrogen and oxygen atoms in total. The van der Waals surface area contributed by atoms with Gasteiger partial charge in [0.15, 0.2) is 0 Å². The number of nitro groups is 1. The summed E-state index contributed by atoms with van der Waals surface area (Å²) in [5.74, 6) is 0. The molecule has 0 aliphatic carbocycles. The van der Waals surface area contributed by atoms with Crippen molar-refractivity contribution in [2.24, 2.45) is 11.1 Å². The van der Waals surface area contributed by atoms with E-state index in [1.54, 1.807) is 0 Å². The highest BCUT2D eigenvalue weighted by molar-refractivity contribution is 7.89. The van der Waals surface area contributed by atoms with E-state index in [4.69, 9.17) is 10.5 Å². The summed E-state index contributed by atoms with van der Waals surface area (Å²) in [6.07, 6.45) is 2.45. The molecule has 2 aliphatic rings. The van der Waals surface area contributed by atoms with E-state index >= 15 is 0 Å². The minimum Gasteiger partial charge on any atom is -0.376 e. The molecular formula is C15H21N3O5S. The number of nitrogens with zero attached hydrogens (tertiary/aromatic N) is 2. The number of rotatable bonds is 4. The number of piperidine rings is 1. The fourth-order valence-electron chi connectivity index (χ4n) is 3.49. The van der Waals surface area contributed by atoms with Gasteiger partial charge in [0.05, 0.1) is 22.5 Å². The van der Waals surface area contributed by atoms with Gasteiger partial charge in [-0.25, -0.2) is 8.42 Å². The van der Waals surface area contributed by atoms with Crippen molar-refractivity contribution in [2.45, 2.75) is 30.3 Å². The van der Waals surface area contributed by atoms with Crippen molar-refractivity contribution in [3.63, 3.8) is 0 Å². The van der Waals surface area contributed by atoms with Gasteiger partial charge in [-0.15, -0.1) is 0 Å². The van der Waals surface area contributed by atoms with Crippen molar-refractivity contribution in [3.05, 3.63) is 34.4 Å². The molecule has 0 bridgehead atoms. The Labute approximate surface area is 140 Å². The molecule has 0 amide bonds. The van der Waals surface area contributed by atoms with Crippen molar-refractivity contribution >= 4 is 15.7 Å². The summed E-state index contributed by atoms with van der Waals surface area (Å²) in [5.41, 5.74) is 5.56. The maximum atomic E-state index is 12.7. The van der Waals surface area contributed by atoms with Gasteiger partial charge in [0.25, 0.3) is 5.69 Å². The molecule has 1 unspecified atom stereocenters. The van der Waals surface area contributed by atoms with Crippen LogP contribution in [0.2, 0.25) is 0 Å². The Bertz CT molecular complexity index is 711. The summed E-state index contributed by atoms with van der Waals surface area (Å²) in [5, 5.41) is 10.7. The van der Waals surface area contributed by atoms with E-state index in [2.05, 4.69) is 0 Å². The second-order valence-corrected chi connectivity index (χ2v) is 8.47. The maximum Gasteiger partial charge on any atom is 0.269 e. The molecule has 1 atom stereocenters. The summed E-state index contributed by atoms with van der Waals surface area (Å²) < 4.78 is 32.5. The zero-order valence-electron chi connectivity index (χ0n) is 13.3. The first-order chi connectivity index (χ1) is 11.4. The van der Waals surface area contributed by atoms with Crippen LogP contribution in [0.5, 0.6) is 0 Å². The molecule has 2 heterocycles. The number of nitro benzene ring substituents is 1. The Morgan fingerprint density at radius 1 is 1.29 bits per heavy atom. The number of non-ortho nitro benzene ring substituents is 1. The SMILES string of the molecule is NCC1CC2(CCN(S(=O)(=O)c3ccc([N+](=O)[O-])cc3)CC2)CO1. The van der Waals surface area contributed by atoms with Gasteiger partial charge in [-0.1, -0.05) is 0 Å².